The van der Waals surface area contributed by atoms with Gasteiger partial charge in [-0.3, -0.25) is 9.59 Å². The summed E-state index contributed by atoms with van der Waals surface area (Å²) in [5.41, 5.74) is -0.615. The number of para-hydroxylation sites is 1. The maximum atomic E-state index is 13.5. The van der Waals surface area contributed by atoms with Gasteiger partial charge in [0, 0.05) is 4.90 Å². The monoisotopic (exact) mass is 369 g/mol. The zero-order chi connectivity index (χ0) is 18.4. The molecule has 0 aliphatic rings. The third-order valence-electron chi connectivity index (χ3n) is 3.07. The second-order valence-corrected chi connectivity index (χ2v) is 5.95. The Morgan fingerprint density at radius 2 is 1.64 bits per heavy atom. The number of halogens is 3. The highest BCUT2D eigenvalue weighted by molar-refractivity contribution is 8.00. The van der Waals surface area contributed by atoms with E-state index in [9.17, 15) is 22.8 Å². The lowest BCUT2D eigenvalue weighted by atomic mass is 10.2. The van der Waals surface area contributed by atoms with E-state index in [2.05, 4.69) is 0 Å². The first-order chi connectivity index (χ1) is 11.9. The van der Waals surface area contributed by atoms with Gasteiger partial charge >= 0.3 is 5.97 Å². The highest BCUT2D eigenvalue weighted by Crippen LogP contribution is 2.22. The van der Waals surface area contributed by atoms with Gasteiger partial charge in [-0.25, -0.2) is 13.2 Å². The van der Waals surface area contributed by atoms with Gasteiger partial charge in [-0.2, -0.15) is 0 Å². The summed E-state index contributed by atoms with van der Waals surface area (Å²) in [6.45, 7) is 1.26. The van der Waals surface area contributed by atoms with E-state index < -0.39 is 41.1 Å². The van der Waals surface area contributed by atoms with Crippen LogP contribution in [-0.4, -0.2) is 23.7 Å². The Balaban J connectivity index is 1.88. The third-order valence-corrected chi connectivity index (χ3v) is 4.09. The predicted molar refractivity (Wildman–Crippen MR) is 87.7 cm³/mol. The normalized spacial score (nSPS) is 11.7. The Labute approximate surface area is 146 Å². The van der Waals surface area contributed by atoms with Gasteiger partial charge in [-0.1, -0.05) is 18.2 Å². The van der Waals surface area contributed by atoms with Crippen LogP contribution in [0.25, 0.3) is 0 Å². The van der Waals surface area contributed by atoms with E-state index in [1.54, 1.807) is 6.07 Å². The van der Waals surface area contributed by atoms with Gasteiger partial charge in [-0.15, -0.1) is 11.8 Å². The van der Waals surface area contributed by atoms with Gasteiger partial charge in [0.05, 0.1) is 5.75 Å². The Bertz CT molecular complexity index is 765. The second kappa shape index (κ2) is 8.57. The molecule has 0 saturated carbocycles. The number of hydrogen-bond acceptors (Lipinski definition) is 4. The fraction of sp³-hybridized carbons (Fsp3) is 0.176. The largest absolute Gasteiger partial charge is 0.452 e. The van der Waals surface area contributed by atoms with Gasteiger partial charge in [0.2, 0.25) is 0 Å². The first-order valence-corrected chi connectivity index (χ1v) is 8.18. The van der Waals surface area contributed by atoms with Crippen LogP contribution < -0.4 is 5.32 Å². The van der Waals surface area contributed by atoms with E-state index in [4.69, 9.17) is 4.74 Å². The summed E-state index contributed by atoms with van der Waals surface area (Å²) in [5, 5.41) is 2.03. The molecule has 1 amide bonds. The van der Waals surface area contributed by atoms with Crippen molar-refractivity contribution in [2.75, 3.05) is 11.1 Å². The van der Waals surface area contributed by atoms with Crippen molar-refractivity contribution in [3.8, 4) is 0 Å². The average Bonchev–Trinajstić information content (AvgIpc) is 2.57. The minimum Gasteiger partial charge on any atom is -0.452 e. The SMILES string of the molecule is C[C@@H](OC(=O)CSc1ccccc1F)C(=O)Nc1c(F)cccc1F. The molecule has 132 valence electrons. The zero-order valence-electron chi connectivity index (χ0n) is 13.1. The highest BCUT2D eigenvalue weighted by atomic mass is 32.2. The number of hydrogen-bond donors (Lipinski definition) is 1. The molecule has 0 spiro atoms. The van der Waals surface area contributed by atoms with Crippen LogP contribution in [-0.2, 0) is 14.3 Å². The van der Waals surface area contributed by atoms with Crippen molar-refractivity contribution >= 4 is 29.3 Å². The van der Waals surface area contributed by atoms with E-state index in [1.807, 2.05) is 5.32 Å². The number of anilines is 1. The van der Waals surface area contributed by atoms with Crippen molar-refractivity contribution in [2.45, 2.75) is 17.9 Å². The van der Waals surface area contributed by atoms with E-state index >= 15 is 0 Å². The summed E-state index contributed by atoms with van der Waals surface area (Å²) in [7, 11) is 0. The molecular formula is C17H14F3NO3S. The van der Waals surface area contributed by atoms with Crippen molar-refractivity contribution < 1.29 is 27.5 Å². The van der Waals surface area contributed by atoms with E-state index in [-0.39, 0.29) is 10.6 Å². The molecule has 4 nitrogen and oxygen atoms in total. The van der Waals surface area contributed by atoms with Crippen molar-refractivity contribution in [1.29, 1.82) is 0 Å². The first-order valence-electron chi connectivity index (χ1n) is 7.20. The van der Waals surface area contributed by atoms with Crippen LogP contribution in [0.3, 0.4) is 0 Å². The van der Waals surface area contributed by atoms with Gasteiger partial charge in [-0.05, 0) is 31.2 Å². The van der Waals surface area contributed by atoms with Crippen molar-refractivity contribution in [3.63, 3.8) is 0 Å². The maximum Gasteiger partial charge on any atom is 0.317 e. The lowest BCUT2D eigenvalue weighted by Gasteiger charge is -2.14. The maximum absolute atomic E-state index is 13.5. The number of amides is 1. The summed E-state index contributed by atoms with van der Waals surface area (Å²) in [6.07, 6.45) is -1.27. The number of benzene rings is 2. The third kappa shape index (κ3) is 5.25. The number of nitrogens with one attached hydrogen (secondary N) is 1. The van der Waals surface area contributed by atoms with Crippen LogP contribution in [0.15, 0.2) is 47.4 Å². The second-order valence-electron chi connectivity index (χ2n) is 4.94. The lowest BCUT2D eigenvalue weighted by molar-refractivity contribution is -0.150. The number of carbonyl (C=O) groups excluding carboxylic acids is 2. The standard InChI is InChI=1S/C17H14F3NO3S/c1-10(17(23)21-16-12(19)6-4-7-13(16)20)24-15(22)9-25-14-8-3-2-5-11(14)18/h2-8,10H,9H2,1H3,(H,21,23)/t10-/m1/s1. The van der Waals surface area contributed by atoms with E-state index in [0.29, 0.717) is 0 Å². The van der Waals surface area contributed by atoms with E-state index in [1.165, 1.54) is 25.1 Å². The number of rotatable bonds is 6. The molecule has 2 rings (SSSR count). The fourth-order valence-electron chi connectivity index (χ4n) is 1.83. The molecule has 0 aliphatic heterocycles. The number of esters is 1. The topological polar surface area (TPSA) is 55.4 Å². The van der Waals surface area contributed by atoms with Gasteiger partial charge in [0.25, 0.3) is 5.91 Å². The predicted octanol–water partition coefficient (Wildman–Crippen LogP) is 3.77. The molecule has 0 saturated heterocycles. The molecule has 2 aromatic carbocycles. The van der Waals surface area contributed by atoms with Crippen LogP contribution >= 0.6 is 11.8 Å². The van der Waals surface area contributed by atoms with Crippen LogP contribution in [0.2, 0.25) is 0 Å². The summed E-state index contributed by atoms with van der Waals surface area (Å²) >= 11 is 0.916. The van der Waals surface area contributed by atoms with Gasteiger partial charge in [0.1, 0.15) is 23.1 Å². The van der Waals surface area contributed by atoms with Gasteiger partial charge < -0.3 is 10.1 Å². The molecule has 2 aromatic rings. The minimum absolute atomic E-state index is 0.216. The fourth-order valence-corrected chi connectivity index (χ4v) is 2.55. The smallest absolute Gasteiger partial charge is 0.317 e. The summed E-state index contributed by atoms with van der Waals surface area (Å²) in [4.78, 5) is 23.9. The Kier molecular flexibility index (Phi) is 6.46. The van der Waals surface area contributed by atoms with Crippen molar-refractivity contribution in [3.05, 3.63) is 59.9 Å². The number of ether oxygens (including phenoxy) is 1. The molecule has 0 unspecified atom stereocenters. The van der Waals surface area contributed by atoms with Crippen LogP contribution in [0.1, 0.15) is 6.92 Å². The van der Waals surface area contributed by atoms with E-state index in [0.717, 1.165) is 30.0 Å². The van der Waals surface area contributed by atoms with Gasteiger partial charge in [0.15, 0.2) is 6.10 Å². The Morgan fingerprint density at radius 3 is 2.28 bits per heavy atom. The van der Waals surface area contributed by atoms with Crippen molar-refractivity contribution in [1.82, 2.24) is 0 Å². The molecule has 1 N–H and O–H groups in total. The Morgan fingerprint density at radius 1 is 1.04 bits per heavy atom. The summed E-state index contributed by atoms with van der Waals surface area (Å²) < 4.78 is 45.3. The molecule has 0 radical (unpaired) electrons. The van der Waals surface area contributed by atoms with Crippen LogP contribution in [0.4, 0.5) is 18.9 Å². The summed E-state index contributed by atoms with van der Waals surface area (Å²) in [5.74, 6) is -4.21. The first kappa shape index (κ1) is 18.9. The zero-order valence-corrected chi connectivity index (χ0v) is 13.9. The molecule has 1 atom stereocenters. The minimum atomic E-state index is -1.27. The Hall–Kier alpha value is -2.48. The lowest BCUT2D eigenvalue weighted by Crippen LogP contribution is -2.31. The molecule has 0 fully saturated rings. The summed E-state index contributed by atoms with van der Waals surface area (Å²) in [6, 6.07) is 9.03. The average molecular weight is 369 g/mol. The quantitative estimate of drug-likeness (QED) is 0.622. The molecule has 0 heterocycles. The molecule has 0 aromatic heterocycles. The number of thioether (sulfide) groups is 1. The van der Waals surface area contributed by atoms with Crippen molar-refractivity contribution in [2.24, 2.45) is 0 Å². The highest BCUT2D eigenvalue weighted by Gasteiger charge is 2.21. The molecule has 0 aliphatic carbocycles. The van der Waals surface area contributed by atoms with Crippen LogP contribution in [0.5, 0.6) is 0 Å². The molecule has 0 bridgehead atoms. The molecule has 8 heteroatoms. The molecule has 25 heavy (non-hydrogen) atoms. The number of carbonyl (C=O) groups is 2. The van der Waals surface area contributed by atoms with Crippen LogP contribution in [0, 0.1) is 17.5 Å². The molecular weight excluding hydrogens is 355 g/mol.